The average Bonchev–Trinajstić information content (AvgIpc) is 3.73. The quantitative estimate of drug-likeness (QED) is 0.169. The highest BCUT2D eigenvalue weighted by molar-refractivity contribution is 7.26. The second-order valence-corrected chi connectivity index (χ2v) is 14.1. The van der Waals surface area contributed by atoms with E-state index in [4.69, 9.17) is 4.74 Å². The molecule has 10 rings (SSSR count). The number of nitrogens with one attached hydrogen (secondary N) is 1. The molecule has 0 bridgehead atoms. The van der Waals surface area contributed by atoms with E-state index in [0.717, 1.165) is 45.2 Å². The van der Waals surface area contributed by atoms with E-state index in [-0.39, 0.29) is 0 Å². The summed E-state index contributed by atoms with van der Waals surface area (Å²) in [5, 5.41) is 8.74. The Bertz CT molecular complexity index is 2930. The third-order valence-electron chi connectivity index (χ3n) is 9.96. The van der Waals surface area contributed by atoms with Crippen LogP contribution in [0, 0.1) is 0 Å². The molecular weight excluding hydrogens is 653 g/mol. The average molecular weight is 685 g/mol. The third-order valence-corrected chi connectivity index (χ3v) is 11.2. The summed E-state index contributed by atoms with van der Waals surface area (Å²) in [6, 6.07) is 56.0. The minimum absolute atomic E-state index is 0.866. The number of benzene rings is 7. The van der Waals surface area contributed by atoms with E-state index in [1.54, 1.807) is 0 Å². The molecule has 9 aromatic rings. The number of rotatable bonds is 7. The Morgan fingerprint density at radius 1 is 0.615 bits per heavy atom. The third kappa shape index (κ3) is 4.96. The van der Waals surface area contributed by atoms with Crippen molar-refractivity contribution < 1.29 is 4.74 Å². The Labute approximate surface area is 305 Å². The lowest BCUT2D eigenvalue weighted by molar-refractivity contribution is 0.465. The van der Waals surface area contributed by atoms with E-state index < -0.39 is 0 Å². The zero-order valence-corrected chi connectivity index (χ0v) is 29.0. The molecule has 3 nitrogen and oxygen atoms in total. The summed E-state index contributed by atoms with van der Waals surface area (Å²) in [6.45, 7) is 4.06. The Hall–Kier alpha value is -6.62. The molecule has 0 amide bonds. The highest BCUT2D eigenvalue weighted by atomic mass is 32.1. The molecule has 0 spiro atoms. The van der Waals surface area contributed by atoms with Crippen molar-refractivity contribution >= 4 is 76.1 Å². The van der Waals surface area contributed by atoms with Crippen molar-refractivity contribution in [2.24, 2.45) is 0 Å². The van der Waals surface area contributed by atoms with Gasteiger partial charge in [0.2, 0.25) is 0 Å². The van der Waals surface area contributed by atoms with Crippen molar-refractivity contribution in [3.63, 3.8) is 0 Å². The van der Waals surface area contributed by atoms with E-state index in [1.165, 1.54) is 53.2 Å². The Morgan fingerprint density at radius 3 is 2.27 bits per heavy atom. The van der Waals surface area contributed by atoms with Gasteiger partial charge >= 0.3 is 0 Å². The second-order valence-electron chi connectivity index (χ2n) is 13.1. The maximum atomic E-state index is 6.07. The zero-order chi connectivity index (χ0) is 34.6. The number of para-hydroxylation sites is 3. The number of fused-ring (bicyclic) bond motifs is 8. The van der Waals surface area contributed by atoms with Gasteiger partial charge in [-0.25, -0.2) is 0 Å². The fraction of sp³-hybridized carbons (Fsp3) is 0. The van der Waals surface area contributed by atoms with E-state index >= 15 is 0 Å². The molecule has 1 N–H and O–H groups in total. The summed E-state index contributed by atoms with van der Waals surface area (Å²) < 4.78 is 11.0. The van der Waals surface area contributed by atoms with E-state index in [1.807, 2.05) is 29.5 Å². The molecule has 0 atom stereocenters. The van der Waals surface area contributed by atoms with Gasteiger partial charge in [-0.05, 0) is 77.4 Å². The maximum absolute atomic E-state index is 6.07. The normalized spacial score (nSPS) is 13.4. The van der Waals surface area contributed by atoms with Gasteiger partial charge in [-0.1, -0.05) is 116 Å². The molecule has 1 aliphatic heterocycles. The van der Waals surface area contributed by atoms with Gasteiger partial charge in [0.15, 0.2) is 0 Å². The van der Waals surface area contributed by atoms with Crippen molar-refractivity contribution in [1.82, 2.24) is 4.57 Å². The topological polar surface area (TPSA) is 26.2 Å². The fourth-order valence-corrected chi connectivity index (χ4v) is 8.81. The predicted octanol–water partition coefficient (Wildman–Crippen LogP) is 13.7. The minimum atomic E-state index is 0.866. The number of allylic oxidation sites excluding steroid dienone is 4. The van der Waals surface area contributed by atoms with Crippen LogP contribution in [0.5, 0.6) is 5.75 Å². The van der Waals surface area contributed by atoms with Crippen molar-refractivity contribution in [2.45, 2.75) is 0 Å². The standard InChI is InChI=1S/C48H32N2OS/c1-2-13-35(30-45-39-20-8-11-23-44(39)51-45)50-42-22-10-7-19-38(42)47-43(50)26-25-37-40-29-33(24-27-46(40)52-48(37)47)32-16-12-17-34(28-32)49-41-21-9-6-18-36(41)31-14-4-3-5-15-31/h2-30,49H,1H2/b35-13+,45-30-. The Balaban J connectivity index is 1.07. The van der Waals surface area contributed by atoms with Crippen LogP contribution in [0.4, 0.5) is 11.4 Å². The Kier molecular flexibility index (Phi) is 7.15. The molecule has 0 unspecified atom stereocenters. The van der Waals surface area contributed by atoms with Gasteiger partial charge < -0.3 is 14.6 Å². The number of anilines is 2. The van der Waals surface area contributed by atoms with Crippen LogP contribution in [0.3, 0.4) is 0 Å². The lowest BCUT2D eigenvalue weighted by atomic mass is 10.0. The van der Waals surface area contributed by atoms with Crippen LogP contribution in [0.2, 0.25) is 0 Å². The molecule has 3 heterocycles. The molecule has 0 radical (unpaired) electrons. The zero-order valence-electron chi connectivity index (χ0n) is 28.2. The first-order valence-electron chi connectivity index (χ1n) is 17.5. The van der Waals surface area contributed by atoms with Crippen molar-refractivity contribution in [3.8, 4) is 28.0 Å². The van der Waals surface area contributed by atoms with Crippen LogP contribution in [0.1, 0.15) is 5.56 Å². The van der Waals surface area contributed by atoms with Gasteiger partial charge in [0.1, 0.15) is 11.5 Å². The van der Waals surface area contributed by atoms with E-state index in [2.05, 4.69) is 174 Å². The number of aromatic nitrogens is 1. The molecular formula is C48H32N2OS. The van der Waals surface area contributed by atoms with Gasteiger partial charge in [-0.3, -0.25) is 0 Å². The number of ether oxygens (including phenoxy) is 1. The monoisotopic (exact) mass is 684 g/mol. The van der Waals surface area contributed by atoms with Crippen molar-refractivity contribution in [2.75, 3.05) is 5.32 Å². The number of hydrogen-bond donors (Lipinski definition) is 1. The highest BCUT2D eigenvalue weighted by Crippen LogP contribution is 2.45. The van der Waals surface area contributed by atoms with Crippen LogP contribution >= 0.6 is 11.3 Å². The molecule has 0 aliphatic carbocycles. The van der Waals surface area contributed by atoms with Crippen LogP contribution < -0.4 is 10.1 Å². The molecule has 7 aromatic carbocycles. The molecule has 0 saturated carbocycles. The van der Waals surface area contributed by atoms with Gasteiger partial charge in [-0.15, -0.1) is 11.3 Å². The molecule has 1 aliphatic rings. The summed E-state index contributed by atoms with van der Waals surface area (Å²) in [7, 11) is 0. The SMILES string of the molecule is C=C/C=C(\C=C1/Oc2ccccc21)n1c2ccccc2c2c3sc4ccc(-c5cccc(Nc6ccccc6-c6ccccc6)c5)cc4c3ccc21. The van der Waals surface area contributed by atoms with Gasteiger partial charge in [0.05, 0.1) is 16.6 Å². The minimum Gasteiger partial charge on any atom is -0.456 e. The van der Waals surface area contributed by atoms with Gasteiger partial charge in [0, 0.05) is 59.7 Å². The van der Waals surface area contributed by atoms with Gasteiger partial charge in [0.25, 0.3) is 0 Å². The maximum Gasteiger partial charge on any atom is 0.140 e. The Morgan fingerprint density at radius 2 is 1.38 bits per heavy atom. The van der Waals surface area contributed by atoms with Crippen LogP contribution in [0.25, 0.3) is 75.7 Å². The summed E-state index contributed by atoms with van der Waals surface area (Å²) in [5.74, 6) is 1.78. The fourth-order valence-electron chi connectivity index (χ4n) is 7.57. The molecule has 0 saturated heterocycles. The highest BCUT2D eigenvalue weighted by Gasteiger charge is 2.23. The lowest BCUT2D eigenvalue weighted by Gasteiger charge is -2.23. The molecule has 2 aromatic heterocycles. The van der Waals surface area contributed by atoms with Gasteiger partial charge in [-0.2, -0.15) is 0 Å². The number of thiophene rings is 1. The number of hydrogen-bond acceptors (Lipinski definition) is 3. The van der Waals surface area contributed by atoms with Crippen LogP contribution in [0.15, 0.2) is 183 Å². The summed E-state index contributed by atoms with van der Waals surface area (Å²) in [6.07, 6.45) is 6.04. The smallest absolute Gasteiger partial charge is 0.140 e. The first kappa shape index (κ1) is 30.2. The molecule has 52 heavy (non-hydrogen) atoms. The van der Waals surface area contributed by atoms with E-state index in [9.17, 15) is 0 Å². The lowest BCUT2D eigenvalue weighted by Crippen LogP contribution is -2.09. The first-order chi connectivity index (χ1) is 25.7. The molecule has 0 fully saturated rings. The first-order valence-corrected chi connectivity index (χ1v) is 18.3. The molecule has 4 heteroatoms. The summed E-state index contributed by atoms with van der Waals surface area (Å²) in [5.41, 5.74) is 11.3. The summed E-state index contributed by atoms with van der Waals surface area (Å²) >= 11 is 1.87. The van der Waals surface area contributed by atoms with Crippen molar-refractivity contribution in [3.05, 3.63) is 188 Å². The second kappa shape index (κ2) is 12.3. The van der Waals surface area contributed by atoms with Crippen LogP contribution in [-0.4, -0.2) is 4.57 Å². The largest absolute Gasteiger partial charge is 0.456 e. The predicted molar refractivity (Wildman–Crippen MR) is 222 cm³/mol. The van der Waals surface area contributed by atoms with Crippen molar-refractivity contribution in [1.29, 1.82) is 0 Å². The number of nitrogens with zero attached hydrogens (tertiary/aromatic N) is 1. The van der Waals surface area contributed by atoms with Crippen LogP contribution in [-0.2, 0) is 0 Å². The summed E-state index contributed by atoms with van der Waals surface area (Å²) in [4.78, 5) is 0. The molecule has 246 valence electrons. The van der Waals surface area contributed by atoms with E-state index in [0.29, 0.717) is 0 Å².